The number of hydrogen-bond donors (Lipinski definition) is 2. The van der Waals surface area contributed by atoms with E-state index in [0.717, 1.165) is 5.69 Å². The molecule has 7 nitrogen and oxygen atoms in total. The van der Waals surface area contributed by atoms with E-state index in [1.807, 2.05) is 18.2 Å². The van der Waals surface area contributed by atoms with Crippen LogP contribution >= 0.6 is 11.3 Å². The first-order valence-electron chi connectivity index (χ1n) is 7.87. The first kappa shape index (κ1) is 16.2. The molecule has 2 amide bonds. The number of benzene rings is 1. The van der Waals surface area contributed by atoms with Crippen molar-refractivity contribution < 1.29 is 14.3 Å². The molecule has 1 aliphatic heterocycles. The average molecular weight is 366 g/mol. The summed E-state index contributed by atoms with van der Waals surface area (Å²) in [5, 5.41) is 6.24. The second-order valence-corrected chi connectivity index (χ2v) is 6.65. The fourth-order valence-electron chi connectivity index (χ4n) is 2.55. The Labute approximate surface area is 153 Å². The summed E-state index contributed by atoms with van der Waals surface area (Å²) in [6.07, 6.45) is 1.69. The maximum Gasteiger partial charge on any atom is 0.267 e. The Kier molecular flexibility index (Phi) is 4.10. The van der Waals surface area contributed by atoms with Gasteiger partial charge in [0.2, 0.25) is 0 Å². The summed E-state index contributed by atoms with van der Waals surface area (Å²) in [7, 11) is 0. The number of aromatic nitrogens is 2. The maximum atomic E-state index is 12.6. The van der Waals surface area contributed by atoms with E-state index in [0.29, 0.717) is 32.7 Å². The molecule has 130 valence electrons. The van der Waals surface area contributed by atoms with Gasteiger partial charge in [0.15, 0.2) is 6.61 Å². The zero-order valence-electron chi connectivity index (χ0n) is 13.8. The number of pyridine rings is 1. The molecule has 2 aromatic heterocycles. The lowest BCUT2D eigenvalue weighted by atomic mass is 10.2. The van der Waals surface area contributed by atoms with Crippen LogP contribution in [0.25, 0.3) is 10.7 Å². The number of rotatable bonds is 3. The molecule has 0 atom stereocenters. The minimum absolute atomic E-state index is 0.00490. The Morgan fingerprint density at radius 1 is 1.31 bits per heavy atom. The van der Waals surface area contributed by atoms with Gasteiger partial charge in [-0.1, -0.05) is 6.07 Å². The van der Waals surface area contributed by atoms with E-state index in [4.69, 9.17) is 4.74 Å². The molecule has 8 heteroatoms. The molecule has 0 radical (unpaired) electrons. The van der Waals surface area contributed by atoms with Gasteiger partial charge >= 0.3 is 0 Å². The predicted molar refractivity (Wildman–Crippen MR) is 98.6 cm³/mol. The van der Waals surface area contributed by atoms with Gasteiger partial charge in [-0.05, 0) is 37.3 Å². The molecule has 1 aliphatic rings. The van der Waals surface area contributed by atoms with Crippen molar-refractivity contribution >= 4 is 34.5 Å². The van der Waals surface area contributed by atoms with Crippen LogP contribution < -0.4 is 15.4 Å². The van der Waals surface area contributed by atoms with Gasteiger partial charge in [0.1, 0.15) is 15.6 Å². The lowest BCUT2D eigenvalue weighted by Crippen LogP contribution is -2.25. The zero-order chi connectivity index (χ0) is 18.1. The molecular weight excluding hydrogens is 352 g/mol. The highest BCUT2D eigenvalue weighted by molar-refractivity contribution is 7.17. The number of ether oxygens (including phenoxy) is 1. The molecule has 4 rings (SSSR count). The van der Waals surface area contributed by atoms with E-state index >= 15 is 0 Å². The van der Waals surface area contributed by atoms with Crippen LogP contribution in [0.2, 0.25) is 0 Å². The van der Waals surface area contributed by atoms with Crippen molar-refractivity contribution in [1.82, 2.24) is 9.97 Å². The lowest BCUT2D eigenvalue weighted by molar-refractivity contribution is -0.118. The molecule has 26 heavy (non-hydrogen) atoms. The quantitative estimate of drug-likeness (QED) is 0.743. The highest BCUT2D eigenvalue weighted by atomic mass is 32.1. The summed E-state index contributed by atoms with van der Waals surface area (Å²) in [5.74, 6) is 0.0958. The highest BCUT2D eigenvalue weighted by Crippen LogP contribution is 2.31. The fourth-order valence-corrected chi connectivity index (χ4v) is 3.49. The summed E-state index contributed by atoms with van der Waals surface area (Å²) in [5.41, 5.74) is 2.47. The number of carbonyl (C=O) groups excluding carboxylic acids is 2. The van der Waals surface area contributed by atoms with E-state index in [1.165, 1.54) is 11.3 Å². The second-order valence-electron chi connectivity index (χ2n) is 5.65. The number of carbonyl (C=O) groups is 2. The van der Waals surface area contributed by atoms with Gasteiger partial charge in [-0.15, -0.1) is 11.3 Å². The number of amides is 2. The third kappa shape index (κ3) is 3.14. The molecule has 3 heterocycles. The summed E-state index contributed by atoms with van der Waals surface area (Å²) < 4.78 is 5.31. The highest BCUT2D eigenvalue weighted by Gasteiger charge is 2.19. The normalized spacial score (nSPS) is 12.7. The third-order valence-corrected chi connectivity index (χ3v) is 4.94. The molecule has 0 saturated carbocycles. The number of fused-ring (bicyclic) bond motifs is 1. The van der Waals surface area contributed by atoms with Gasteiger partial charge < -0.3 is 15.4 Å². The summed E-state index contributed by atoms with van der Waals surface area (Å²) in [6.45, 7) is 1.79. The number of anilines is 2. The summed E-state index contributed by atoms with van der Waals surface area (Å²) >= 11 is 1.29. The largest absolute Gasteiger partial charge is 0.482 e. The van der Waals surface area contributed by atoms with E-state index in [9.17, 15) is 9.59 Å². The summed E-state index contributed by atoms with van der Waals surface area (Å²) in [4.78, 5) is 33.3. The van der Waals surface area contributed by atoms with Crippen molar-refractivity contribution in [2.24, 2.45) is 0 Å². The van der Waals surface area contributed by atoms with Crippen molar-refractivity contribution in [2.75, 3.05) is 17.2 Å². The van der Waals surface area contributed by atoms with Gasteiger partial charge in [0.25, 0.3) is 11.8 Å². The van der Waals surface area contributed by atoms with E-state index < -0.39 is 0 Å². The maximum absolute atomic E-state index is 12.6. The van der Waals surface area contributed by atoms with Crippen LogP contribution in [0.4, 0.5) is 11.4 Å². The van der Waals surface area contributed by atoms with Gasteiger partial charge in [-0.2, -0.15) is 0 Å². The monoisotopic (exact) mass is 366 g/mol. The lowest BCUT2D eigenvalue weighted by Gasteiger charge is -2.18. The fraction of sp³-hybridized carbons (Fsp3) is 0.111. The molecule has 0 saturated heterocycles. The van der Waals surface area contributed by atoms with Crippen LogP contribution in [0, 0.1) is 6.92 Å². The van der Waals surface area contributed by atoms with Crippen LogP contribution in [0.1, 0.15) is 15.4 Å². The molecule has 1 aromatic carbocycles. The van der Waals surface area contributed by atoms with Crippen LogP contribution in [-0.2, 0) is 4.79 Å². The van der Waals surface area contributed by atoms with E-state index in [-0.39, 0.29) is 18.4 Å². The number of nitrogens with one attached hydrogen (secondary N) is 2. The number of nitrogens with zero attached hydrogens (tertiary/aromatic N) is 2. The Balaban J connectivity index is 1.57. The standard InChI is InChI=1S/C18H14N4O3S/c1-10-16(26-18(20-10)12-4-2-3-7-19-12)17(24)21-11-5-6-14-13(8-11)22-15(23)9-25-14/h2-8H,9H2,1H3,(H,21,24)(H,22,23). The molecule has 0 fully saturated rings. The van der Waals surface area contributed by atoms with E-state index in [2.05, 4.69) is 20.6 Å². The molecule has 0 spiro atoms. The minimum atomic E-state index is -0.259. The molecule has 0 aliphatic carbocycles. The Bertz CT molecular complexity index is 1000. The second kappa shape index (κ2) is 6.57. The number of hydrogen-bond acceptors (Lipinski definition) is 6. The van der Waals surface area contributed by atoms with Gasteiger partial charge in [0.05, 0.1) is 17.1 Å². The van der Waals surface area contributed by atoms with Gasteiger partial charge in [0, 0.05) is 11.9 Å². The zero-order valence-corrected chi connectivity index (χ0v) is 14.6. The average Bonchev–Trinajstić information content (AvgIpc) is 3.04. The van der Waals surface area contributed by atoms with Gasteiger partial charge in [-0.25, -0.2) is 4.98 Å². The molecule has 2 N–H and O–H groups in total. The predicted octanol–water partition coefficient (Wildman–Crippen LogP) is 3.10. The van der Waals surface area contributed by atoms with Crippen molar-refractivity contribution in [3.63, 3.8) is 0 Å². The van der Waals surface area contributed by atoms with Crippen LogP contribution in [-0.4, -0.2) is 28.4 Å². The first-order valence-corrected chi connectivity index (χ1v) is 8.69. The minimum Gasteiger partial charge on any atom is -0.482 e. The van der Waals surface area contributed by atoms with Crippen molar-refractivity contribution in [2.45, 2.75) is 6.92 Å². The third-order valence-electron chi connectivity index (χ3n) is 3.76. The molecule has 3 aromatic rings. The molecule has 0 bridgehead atoms. The topological polar surface area (TPSA) is 93.2 Å². The smallest absolute Gasteiger partial charge is 0.267 e. The van der Waals surface area contributed by atoms with Crippen molar-refractivity contribution in [1.29, 1.82) is 0 Å². The number of aryl methyl sites for hydroxylation is 1. The van der Waals surface area contributed by atoms with E-state index in [1.54, 1.807) is 31.3 Å². The van der Waals surface area contributed by atoms with Gasteiger partial charge in [-0.3, -0.25) is 14.6 Å². The first-order chi connectivity index (χ1) is 12.6. The molecule has 0 unspecified atom stereocenters. The van der Waals surface area contributed by atoms with Crippen LogP contribution in [0.15, 0.2) is 42.6 Å². The van der Waals surface area contributed by atoms with Crippen molar-refractivity contribution in [3.8, 4) is 16.5 Å². The molecular formula is C18H14N4O3S. The Morgan fingerprint density at radius 2 is 2.19 bits per heavy atom. The Morgan fingerprint density at radius 3 is 3.00 bits per heavy atom. The van der Waals surface area contributed by atoms with Crippen LogP contribution in [0.5, 0.6) is 5.75 Å². The number of thiazole rings is 1. The summed E-state index contributed by atoms with van der Waals surface area (Å²) in [6, 6.07) is 10.7. The Hall–Kier alpha value is -3.26. The SMILES string of the molecule is Cc1nc(-c2ccccn2)sc1C(=O)Nc1ccc2c(c1)NC(=O)CO2. The van der Waals surface area contributed by atoms with Crippen LogP contribution in [0.3, 0.4) is 0 Å². The van der Waals surface area contributed by atoms with Crippen molar-refractivity contribution in [3.05, 3.63) is 53.2 Å².